The average Bonchev–Trinajstić information content (AvgIpc) is 2.59. The highest BCUT2D eigenvalue weighted by Crippen LogP contribution is 2.40. The molecule has 0 bridgehead atoms. The first kappa shape index (κ1) is 18.3. The van der Waals surface area contributed by atoms with Crippen LogP contribution in [0.2, 0.25) is 5.02 Å². The third-order valence-electron chi connectivity index (χ3n) is 4.22. The molecular formula is C19H15ClF3NO2. The van der Waals surface area contributed by atoms with Crippen LogP contribution in [0.1, 0.15) is 18.1 Å². The zero-order valence-electron chi connectivity index (χ0n) is 14.0. The maximum absolute atomic E-state index is 13.2. The summed E-state index contributed by atoms with van der Waals surface area (Å²) in [6.07, 6.45) is -4.15. The number of rotatable bonds is 3. The Morgan fingerprint density at radius 1 is 1.15 bits per heavy atom. The van der Waals surface area contributed by atoms with E-state index in [9.17, 15) is 18.0 Å². The van der Waals surface area contributed by atoms with E-state index in [2.05, 4.69) is 4.98 Å². The molecule has 0 aliphatic heterocycles. The quantitative estimate of drug-likeness (QED) is 0.656. The van der Waals surface area contributed by atoms with Gasteiger partial charge in [0.25, 0.3) is 5.56 Å². The van der Waals surface area contributed by atoms with Gasteiger partial charge in [0.15, 0.2) is 0 Å². The lowest BCUT2D eigenvalue weighted by atomic mass is 9.93. The monoisotopic (exact) mass is 381 g/mol. The van der Waals surface area contributed by atoms with E-state index in [0.29, 0.717) is 39.4 Å². The molecule has 0 radical (unpaired) electrons. The van der Waals surface area contributed by atoms with Crippen LogP contribution in [0.25, 0.3) is 22.0 Å². The molecule has 0 unspecified atom stereocenters. The summed E-state index contributed by atoms with van der Waals surface area (Å²) >= 11 is 6.09. The van der Waals surface area contributed by atoms with Crippen LogP contribution in [0.4, 0.5) is 13.2 Å². The van der Waals surface area contributed by atoms with Gasteiger partial charge in [0.1, 0.15) is 5.75 Å². The SMILES string of the molecule is CCc1c(-c2cc(Cl)ccc2OC)c2cc(C(F)(F)F)ccc2[nH]c1=O. The van der Waals surface area contributed by atoms with Gasteiger partial charge in [-0.25, -0.2) is 0 Å². The van der Waals surface area contributed by atoms with Crippen LogP contribution in [0.15, 0.2) is 41.2 Å². The highest BCUT2D eigenvalue weighted by molar-refractivity contribution is 6.31. The fraction of sp³-hybridized carbons (Fsp3) is 0.211. The molecule has 3 rings (SSSR count). The first-order valence-electron chi connectivity index (χ1n) is 7.86. The third-order valence-corrected chi connectivity index (χ3v) is 4.46. The van der Waals surface area contributed by atoms with E-state index in [4.69, 9.17) is 16.3 Å². The number of fused-ring (bicyclic) bond motifs is 1. The second-order valence-corrected chi connectivity index (χ2v) is 6.20. The van der Waals surface area contributed by atoms with Gasteiger partial charge in [0, 0.05) is 32.6 Å². The number of H-pyrrole nitrogens is 1. The highest BCUT2D eigenvalue weighted by atomic mass is 35.5. The molecule has 2 aromatic carbocycles. The molecule has 26 heavy (non-hydrogen) atoms. The van der Waals surface area contributed by atoms with Gasteiger partial charge in [-0.1, -0.05) is 18.5 Å². The smallest absolute Gasteiger partial charge is 0.416 e. The maximum atomic E-state index is 13.2. The number of methoxy groups -OCH3 is 1. The zero-order chi connectivity index (χ0) is 19.1. The minimum atomic E-state index is -4.49. The fourth-order valence-electron chi connectivity index (χ4n) is 3.03. The summed E-state index contributed by atoms with van der Waals surface area (Å²) in [5, 5.41) is 0.681. The molecular weight excluding hydrogens is 367 g/mol. The molecule has 136 valence electrons. The van der Waals surface area contributed by atoms with Crippen molar-refractivity contribution in [1.29, 1.82) is 0 Å². The third kappa shape index (κ3) is 3.17. The Morgan fingerprint density at radius 2 is 1.88 bits per heavy atom. The van der Waals surface area contributed by atoms with Crippen LogP contribution < -0.4 is 10.3 Å². The molecule has 0 fully saturated rings. The number of halogens is 4. The summed E-state index contributed by atoms with van der Waals surface area (Å²) in [6, 6.07) is 8.08. The molecule has 0 aliphatic carbocycles. The van der Waals surface area contributed by atoms with Crippen molar-refractivity contribution in [2.24, 2.45) is 0 Å². The van der Waals surface area contributed by atoms with Crippen LogP contribution in [0.3, 0.4) is 0 Å². The first-order valence-corrected chi connectivity index (χ1v) is 8.24. The molecule has 0 atom stereocenters. The van der Waals surface area contributed by atoms with Gasteiger partial charge in [0.05, 0.1) is 12.7 Å². The van der Waals surface area contributed by atoms with Crippen molar-refractivity contribution < 1.29 is 17.9 Å². The molecule has 1 heterocycles. The Hall–Kier alpha value is -2.47. The molecule has 0 saturated carbocycles. The maximum Gasteiger partial charge on any atom is 0.416 e. The summed E-state index contributed by atoms with van der Waals surface area (Å²) in [5.74, 6) is 0.424. The van der Waals surface area contributed by atoms with Gasteiger partial charge in [-0.2, -0.15) is 13.2 Å². The summed E-state index contributed by atoms with van der Waals surface area (Å²) in [6.45, 7) is 1.77. The molecule has 3 aromatic rings. The number of aromatic nitrogens is 1. The second-order valence-electron chi connectivity index (χ2n) is 5.76. The molecule has 0 aliphatic rings. The van der Waals surface area contributed by atoms with Crippen LogP contribution in [-0.4, -0.2) is 12.1 Å². The number of pyridine rings is 1. The summed E-state index contributed by atoms with van der Waals surface area (Å²) in [5.41, 5.74) is 0.428. The zero-order valence-corrected chi connectivity index (χ0v) is 14.8. The standard InChI is InChI=1S/C19H15ClF3NO2/c1-3-12-17(14-9-11(20)5-7-16(14)26-2)13-8-10(19(21,22)23)4-6-15(13)24-18(12)25/h4-9H,3H2,1-2H3,(H,24,25). The van der Waals surface area contributed by atoms with Crippen LogP contribution in [-0.2, 0) is 12.6 Å². The Labute approximate surface area is 152 Å². The van der Waals surface area contributed by atoms with Gasteiger partial charge in [-0.05, 0) is 42.8 Å². The Bertz CT molecular complexity index is 1040. The number of ether oxygens (including phenoxy) is 1. The minimum Gasteiger partial charge on any atom is -0.496 e. The number of benzene rings is 2. The summed E-state index contributed by atoms with van der Waals surface area (Å²) < 4.78 is 45.0. The van der Waals surface area contributed by atoms with E-state index in [0.717, 1.165) is 12.1 Å². The number of aromatic amines is 1. The Kier molecular flexibility index (Phi) is 4.71. The predicted octanol–water partition coefficient (Wildman–Crippen LogP) is 5.44. The molecule has 0 amide bonds. The fourth-order valence-corrected chi connectivity index (χ4v) is 3.20. The van der Waals surface area contributed by atoms with E-state index in [1.165, 1.54) is 13.2 Å². The lowest BCUT2D eigenvalue weighted by Gasteiger charge is -2.16. The van der Waals surface area contributed by atoms with Crippen molar-refractivity contribution in [3.8, 4) is 16.9 Å². The van der Waals surface area contributed by atoms with Crippen molar-refractivity contribution in [1.82, 2.24) is 4.98 Å². The summed E-state index contributed by atoms with van der Waals surface area (Å²) in [7, 11) is 1.45. The number of nitrogens with one attached hydrogen (secondary N) is 1. The van der Waals surface area contributed by atoms with Crippen molar-refractivity contribution in [3.05, 3.63) is 62.9 Å². The van der Waals surface area contributed by atoms with Crippen molar-refractivity contribution in [2.75, 3.05) is 7.11 Å². The van der Waals surface area contributed by atoms with Gasteiger partial charge >= 0.3 is 6.18 Å². The van der Waals surface area contributed by atoms with Crippen LogP contribution >= 0.6 is 11.6 Å². The molecule has 7 heteroatoms. The molecule has 1 N–H and O–H groups in total. The molecule has 1 aromatic heterocycles. The normalized spacial score (nSPS) is 11.8. The van der Waals surface area contributed by atoms with E-state index in [1.807, 2.05) is 0 Å². The van der Waals surface area contributed by atoms with Gasteiger partial charge < -0.3 is 9.72 Å². The van der Waals surface area contributed by atoms with E-state index in [-0.39, 0.29) is 10.9 Å². The highest BCUT2D eigenvalue weighted by Gasteiger charge is 2.31. The van der Waals surface area contributed by atoms with Crippen molar-refractivity contribution in [3.63, 3.8) is 0 Å². The average molecular weight is 382 g/mol. The van der Waals surface area contributed by atoms with Gasteiger partial charge in [-0.15, -0.1) is 0 Å². The first-order chi connectivity index (χ1) is 12.3. The van der Waals surface area contributed by atoms with Crippen LogP contribution in [0, 0.1) is 0 Å². The minimum absolute atomic E-state index is 0.289. The lowest BCUT2D eigenvalue weighted by Crippen LogP contribution is -2.15. The predicted molar refractivity (Wildman–Crippen MR) is 95.9 cm³/mol. The van der Waals surface area contributed by atoms with Crippen molar-refractivity contribution in [2.45, 2.75) is 19.5 Å². The summed E-state index contributed by atoms with van der Waals surface area (Å²) in [4.78, 5) is 15.1. The van der Waals surface area contributed by atoms with Gasteiger partial charge in [0.2, 0.25) is 0 Å². The van der Waals surface area contributed by atoms with E-state index in [1.54, 1.807) is 25.1 Å². The number of hydrogen-bond acceptors (Lipinski definition) is 2. The van der Waals surface area contributed by atoms with Crippen molar-refractivity contribution >= 4 is 22.5 Å². The lowest BCUT2D eigenvalue weighted by molar-refractivity contribution is -0.137. The molecule has 0 saturated heterocycles. The Morgan fingerprint density at radius 3 is 2.50 bits per heavy atom. The molecule has 0 spiro atoms. The largest absolute Gasteiger partial charge is 0.496 e. The van der Waals surface area contributed by atoms with E-state index < -0.39 is 11.7 Å². The number of hydrogen-bond donors (Lipinski definition) is 1. The topological polar surface area (TPSA) is 42.1 Å². The van der Waals surface area contributed by atoms with Gasteiger partial charge in [-0.3, -0.25) is 4.79 Å². The van der Waals surface area contributed by atoms with Crippen LogP contribution in [0.5, 0.6) is 5.75 Å². The van der Waals surface area contributed by atoms with E-state index >= 15 is 0 Å². The Balaban J connectivity index is 2.49. The number of alkyl halides is 3. The molecule has 3 nitrogen and oxygen atoms in total. The second kappa shape index (κ2) is 6.68.